The van der Waals surface area contributed by atoms with E-state index in [0.29, 0.717) is 24.5 Å². The molecule has 1 aromatic heterocycles. The van der Waals surface area contributed by atoms with Gasteiger partial charge in [-0.05, 0) is 63.0 Å². The number of ether oxygens (including phenoxy) is 3. The molecule has 218 valence electrons. The highest BCUT2D eigenvalue weighted by Crippen LogP contribution is 2.36. The highest BCUT2D eigenvalue weighted by Gasteiger charge is 2.51. The summed E-state index contributed by atoms with van der Waals surface area (Å²) in [6.45, 7) is 8.87. The molecule has 4 rings (SSSR count). The second-order valence-corrected chi connectivity index (χ2v) is 10.9. The summed E-state index contributed by atoms with van der Waals surface area (Å²) in [5.74, 6) is 0.513. The predicted octanol–water partition coefficient (Wildman–Crippen LogP) is 4.03. The summed E-state index contributed by atoms with van der Waals surface area (Å²) in [5, 5.41) is 0. The van der Waals surface area contributed by atoms with Crippen LogP contribution in [0.4, 0.5) is 0 Å². The molecule has 0 unspecified atom stereocenters. The number of methoxy groups -OCH3 is 1. The molecule has 0 aliphatic carbocycles. The first-order valence-electron chi connectivity index (χ1n) is 13.7. The van der Waals surface area contributed by atoms with Gasteiger partial charge in [0.1, 0.15) is 24.7 Å². The maximum absolute atomic E-state index is 13.1. The van der Waals surface area contributed by atoms with Gasteiger partial charge in [0, 0.05) is 20.1 Å². The standard InChI is InChI=1S/C31H38BNO8/c1-30(2)31(3,4)41-32(40-30)24-11-13-25(14-12-24)37-19-17-26-15-16-27(39-26)29(35)33(18-20-36-5)21-28(34)38-22-23-9-7-6-8-10-23/h6-16H,17-22H2,1-5H3. The Hall–Kier alpha value is -3.60. The first-order chi connectivity index (χ1) is 19.6. The van der Waals surface area contributed by atoms with Crippen LogP contribution in [0.2, 0.25) is 0 Å². The van der Waals surface area contributed by atoms with Crippen LogP contribution >= 0.6 is 0 Å². The summed E-state index contributed by atoms with van der Waals surface area (Å²) in [4.78, 5) is 26.9. The fourth-order valence-electron chi connectivity index (χ4n) is 4.15. The quantitative estimate of drug-likeness (QED) is 0.227. The number of rotatable bonds is 13. The molecule has 0 N–H and O–H groups in total. The fraction of sp³-hybridized carbons (Fsp3) is 0.419. The van der Waals surface area contributed by atoms with Crippen molar-refractivity contribution < 1.29 is 37.5 Å². The van der Waals surface area contributed by atoms with Crippen molar-refractivity contribution in [2.24, 2.45) is 0 Å². The lowest BCUT2D eigenvalue weighted by molar-refractivity contribution is -0.145. The molecule has 9 nitrogen and oxygen atoms in total. The average Bonchev–Trinajstić information content (AvgIpc) is 3.51. The van der Waals surface area contributed by atoms with Crippen molar-refractivity contribution in [1.29, 1.82) is 0 Å². The Bertz CT molecular complexity index is 1270. The van der Waals surface area contributed by atoms with Gasteiger partial charge in [-0.25, -0.2) is 0 Å². The van der Waals surface area contributed by atoms with E-state index in [9.17, 15) is 9.59 Å². The van der Waals surface area contributed by atoms with E-state index in [0.717, 1.165) is 11.0 Å². The highest BCUT2D eigenvalue weighted by molar-refractivity contribution is 6.62. The van der Waals surface area contributed by atoms with Crippen LogP contribution in [0.15, 0.2) is 71.1 Å². The van der Waals surface area contributed by atoms with Gasteiger partial charge in [-0.2, -0.15) is 0 Å². The van der Waals surface area contributed by atoms with Gasteiger partial charge >= 0.3 is 13.1 Å². The van der Waals surface area contributed by atoms with E-state index in [2.05, 4.69) is 0 Å². The van der Waals surface area contributed by atoms with Gasteiger partial charge in [-0.3, -0.25) is 9.59 Å². The lowest BCUT2D eigenvalue weighted by Gasteiger charge is -2.32. The molecular weight excluding hydrogens is 525 g/mol. The maximum Gasteiger partial charge on any atom is 0.494 e. The van der Waals surface area contributed by atoms with Crippen LogP contribution in [0, 0.1) is 0 Å². The minimum absolute atomic E-state index is 0.137. The molecule has 2 aromatic carbocycles. The second-order valence-electron chi connectivity index (χ2n) is 10.9. The Labute approximate surface area is 241 Å². The zero-order valence-corrected chi connectivity index (χ0v) is 24.4. The number of esters is 1. The van der Waals surface area contributed by atoms with Crippen molar-refractivity contribution in [2.75, 3.05) is 33.4 Å². The zero-order chi connectivity index (χ0) is 29.5. The Morgan fingerprint density at radius 1 is 0.878 bits per heavy atom. The van der Waals surface area contributed by atoms with Crippen LogP contribution in [-0.2, 0) is 36.6 Å². The summed E-state index contributed by atoms with van der Waals surface area (Å²) in [6, 6.07) is 20.3. The van der Waals surface area contributed by atoms with Crippen LogP contribution in [-0.4, -0.2) is 68.5 Å². The lowest BCUT2D eigenvalue weighted by Crippen LogP contribution is -2.41. The molecule has 0 bridgehead atoms. The molecule has 1 aliphatic heterocycles. The number of nitrogens with zero attached hydrogens (tertiary/aromatic N) is 1. The van der Waals surface area contributed by atoms with Crippen molar-refractivity contribution >= 4 is 24.5 Å². The molecule has 1 aliphatic rings. The fourth-order valence-corrected chi connectivity index (χ4v) is 4.15. The molecule has 10 heteroatoms. The summed E-state index contributed by atoms with van der Waals surface area (Å²) < 4.78 is 34.3. The maximum atomic E-state index is 13.1. The van der Waals surface area contributed by atoms with E-state index >= 15 is 0 Å². The number of hydrogen-bond donors (Lipinski definition) is 0. The smallest absolute Gasteiger partial charge is 0.493 e. The molecule has 0 atom stereocenters. The third-order valence-electron chi connectivity index (χ3n) is 7.31. The molecule has 1 fully saturated rings. The largest absolute Gasteiger partial charge is 0.494 e. The van der Waals surface area contributed by atoms with Crippen LogP contribution in [0.1, 0.15) is 49.6 Å². The summed E-state index contributed by atoms with van der Waals surface area (Å²) >= 11 is 0. The van der Waals surface area contributed by atoms with E-state index < -0.39 is 30.2 Å². The molecule has 1 saturated heterocycles. The van der Waals surface area contributed by atoms with Gasteiger partial charge in [0.05, 0.1) is 24.4 Å². The van der Waals surface area contributed by atoms with Crippen molar-refractivity contribution in [3.05, 3.63) is 83.8 Å². The third-order valence-corrected chi connectivity index (χ3v) is 7.31. The minimum Gasteiger partial charge on any atom is -0.493 e. The molecule has 0 radical (unpaired) electrons. The van der Waals surface area contributed by atoms with Crippen molar-refractivity contribution in [3.63, 3.8) is 0 Å². The molecular formula is C31H38BNO8. The molecule has 1 amide bonds. The minimum atomic E-state index is -0.511. The van der Waals surface area contributed by atoms with Gasteiger partial charge in [0.25, 0.3) is 5.91 Å². The topological polar surface area (TPSA) is 96.7 Å². The highest BCUT2D eigenvalue weighted by atomic mass is 16.7. The molecule has 41 heavy (non-hydrogen) atoms. The monoisotopic (exact) mass is 563 g/mol. The molecule has 0 saturated carbocycles. The number of benzene rings is 2. The van der Waals surface area contributed by atoms with Crippen LogP contribution < -0.4 is 10.2 Å². The molecule has 3 aromatic rings. The van der Waals surface area contributed by atoms with E-state index in [1.54, 1.807) is 12.1 Å². The Balaban J connectivity index is 1.26. The van der Waals surface area contributed by atoms with Gasteiger partial charge in [-0.1, -0.05) is 42.5 Å². The lowest BCUT2D eigenvalue weighted by atomic mass is 9.79. The van der Waals surface area contributed by atoms with Crippen LogP contribution in [0.5, 0.6) is 5.75 Å². The number of furan rings is 1. The van der Waals surface area contributed by atoms with Crippen molar-refractivity contribution in [2.45, 2.75) is 51.9 Å². The van der Waals surface area contributed by atoms with Crippen molar-refractivity contribution in [3.8, 4) is 5.75 Å². The number of carbonyl (C=O) groups excluding carboxylic acids is 2. The first kappa shape index (κ1) is 30.4. The van der Waals surface area contributed by atoms with Gasteiger partial charge < -0.3 is 32.8 Å². The number of carbonyl (C=O) groups is 2. The normalized spacial score (nSPS) is 15.5. The van der Waals surface area contributed by atoms with Crippen LogP contribution in [0.25, 0.3) is 0 Å². The molecule has 0 spiro atoms. The molecule has 2 heterocycles. The van der Waals surface area contributed by atoms with Crippen molar-refractivity contribution in [1.82, 2.24) is 4.90 Å². The van der Waals surface area contributed by atoms with E-state index in [-0.39, 0.29) is 32.1 Å². The Morgan fingerprint density at radius 2 is 1.56 bits per heavy atom. The van der Waals surface area contributed by atoms with E-state index in [1.807, 2.05) is 82.3 Å². The van der Waals surface area contributed by atoms with Gasteiger partial charge in [0.15, 0.2) is 5.76 Å². The van der Waals surface area contributed by atoms with Gasteiger partial charge in [0.2, 0.25) is 0 Å². The number of amides is 1. The zero-order valence-electron chi connectivity index (χ0n) is 24.4. The third kappa shape index (κ3) is 8.00. The summed E-state index contributed by atoms with van der Waals surface area (Å²) in [7, 11) is 1.11. The number of hydrogen-bond acceptors (Lipinski definition) is 8. The van der Waals surface area contributed by atoms with Crippen LogP contribution in [0.3, 0.4) is 0 Å². The summed E-state index contributed by atoms with van der Waals surface area (Å²) in [6.07, 6.45) is 0.462. The predicted molar refractivity (Wildman–Crippen MR) is 154 cm³/mol. The Morgan fingerprint density at radius 3 is 2.22 bits per heavy atom. The van der Waals surface area contributed by atoms with Gasteiger partial charge in [-0.15, -0.1) is 0 Å². The SMILES string of the molecule is COCCN(CC(=O)OCc1ccccc1)C(=O)c1ccc(CCOc2ccc(B3OC(C)(C)C(C)(C)O3)cc2)o1. The first-order valence-corrected chi connectivity index (χ1v) is 13.7. The second kappa shape index (κ2) is 13.4. The average molecular weight is 563 g/mol. The Kier molecular flexibility index (Phi) is 9.91. The van der Waals surface area contributed by atoms with E-state index in [4.69, 9.17) is 27.9 Å². The summed E-state index contributed by atoms with van der Waals surface area (Å²) in [5.41, 5.74) is 0.993. The van der Waals surface area contributed by atoms with E-state index in [1.165, 1.54) is 12.0 Å².